The van der Waals surface area contributed by atoms with Gasteiger partial charge in [0, 0.05) is 19.3 Å². The van der Waals surface area contributed by atoms with Gasteiger partial charge in [-0.2, -0.15) is 0 Å². The van der Waals surface area contributed by atoms with Gasteiger partial charge in [0.2, 0.25) is 0 Å². The van der Waals surface area contributed by atoms with Gasteiger partial charge in [0.25, 0.3) is 0 Å². The summed E-state index contributed by atoms with van der Waals surface area (Å²) in [6.07, 6.45) is 56.9. The molecule has 66 heavy (non-hydrogen) atoms. The average molecular weight is 934 g/mol. The summed E-state index contributed by atoms with van der Waals surface area (Å²) >= 11 is 0. The number of ether oxygens (including phenoxy) is 3. The lowest BCUT2D eigenvalue weighted by molar-refractivity contribution is -0.167. The fourth-order valence-corrected chi connectivity index (χ4v) is 9.23. The van der Waals surface area contributed by atoms with Crippen LogP contribution in [0.2, 0.25) is 0 Å². The van der Waals surface area contributed by atoms with Crippen molar-refractivity contribution in [3.8, 4) is 0 Å². The minimum Gasteiger partial charge on any atom is -0.462 e. The lowest BCUT2D eigenvalue weighted by Gasteiger charge is -2.18. The average Bonchev–Trinajstić information content (AvgIpc) is 3.29. The second-order valence-corrected chi connectivity index (χ2v) is 21.6. The first-order valence-corrected chi connectivity index (χ1v) is 29.7. The summed E-state index contributed by atoms with van der Waals surface area (Å²) in [5.74, 6) is 0.773. The highest BCUT2D eigenvalue weighted by atomic mass is 16.6. The van der Waals surface area contributed by atoms with Crippen molar-refractivity contribution in [2.75, 3.05) is 13.2 Å². The minimum absolute atomic E-state index is 0.0639. The SMILES string of the molecule is CCCCCCCCCCCCCCCCCCCCC(=O)OC[C@@H](COC(=O)CCCCCCCCCCCCCCCCCCCCC(C)C)OC(=O)CCCCCCCCC(C)C. The highest BCUT2D eigenvalue weighted by molar-refractivity contribution is 5.71. The maximum atomic E-state index is 12.8. The van der Waals surface area contributed by atoms with E-state index in [2.05, 4.69) is 34.6 Å². The normalized spacial score (nSPS) is 12.0. The topological polar surface area (TPSA) is 78.9 Å². The first-order valence-electron chi connectivity index (χ1n) is 29.7. The summed E-state index contributed by atoms with van der Waals surface area (Å²) in [5, 5.41) is 0. The summed E-state index contributed by atoms with van der Waals surface area (Å²) < 4.78 is 16.9. The van der Waals surface area contributed by atoms with Crippen molar-refractivity contribution in [3.05, 3.63) is 0 Å². The van der Waals surface area contributed by atoms with Crippen LogP contribution in [0, 0.1) is 11.8 Å². The highest BCUT2D eigenvalue weighted by Crippen LogP contribution is 2.18. The standard InChI is InChI=1S/C60H116O6/c1-6-7-8-9-10-11-12-13-14-15-19-22-25-28-31-34-40-45-50-58(61)64-53-57(66-60(63)52-47-42-37-36-39-44-49-56(4)5)54-65-59(62)51-46-41-35-32-29-26-23-20-17-16-18-21-24-27-30-33-38-43-48-55(2)3/h55-57H,6-54H2,1-5H3/t57-/m0/s1. The molecule has 0 fully saturated rings. The molecule has 0 heterocycles. The van der Waals surface area contributed by atoms with Gasteiger partial charge in [0.05, 0.1) is 0 Å². The molecular weight excluding hydrogens is 817 g/mol. The smallest absolute Gasteiger partial charge is 0.306 e. The Morgan fingerprint density at radius 3 is 0.742 bits per heavy atom. The maximum absolute atomic E-state index is 12.8. The van der Waals surface area contributed by atoms with Gasteiger partial charge < -0.3 is 14.2 Å². The zero-order valence-corrected chi connectivity index (χ0v) is 45.3. The molecule has 392 valence electrons. The molecule has 6 heteroatoms. The molecule has 0 rings (SSSR count). The number of carbonyl (C=O) groups excluding carboxylic acids is 3. The molecule has 0 aromatic heterocycles. The molecule has 0 saturated heterocycles. The fraction of sp³-hybridized carbons (Fsp3) is 0.950. The van der Waals surface area contributed by atoms with Crippen LogP contribution in [-0.4, -0.2) is 37.2 Å². The van der Waals surface area contributed by atoms with Crippen molar-refractivity contribution < 1.29 is 28.6 Å². The van der Waals surface area contributed by atoms with Crippen LogP contribution in [0.5, 0.6) is 0 Å². The molecule has 0 aromatic carbocycles. The van der Waals surface area contributed by atoms with Crippen molar-refractivity contribution in [2.45, 2.75) is 343 Å². The predicted molar refractivity (Wildman–Crippen MR) is 284 cm³/mol. The molecule has 0 radical (unpaired) electrons. The van der Waals surface area contributed by atoms with E-state index >= 15 is 0 Å². The number of carbonyl (C=O) groups is 3. The Morgan fingerprint density at radius 2 is 0.500 bits per heavy atom. The van der Waals surface area contributed by atoms with Gasteiger partial charge in [0.15, 0.2) is 6.10 Å². The lowest BCUT2D eigenvalue weighted by atomic mass is 10.0. The van der Waals surface area contributed by atoms with Crippen molar-refractivity contribution in [1.29, 1.82) is 0 Å². The minimum atomic E-state index is -0.763. The molecule has 0 aliphatic heterocycles. The predicted octanol–water partition coefficient (Wildman–Crippen LogP) is 19.7. The van der Waals surface area contributed by atoms with Crippen LogP contribution in [0.25, 0.3) is 0 Å². The Hall–Kier alpha value is -1.59. The maximum Gasteiger partial charge on any atom is 0.306 e. The first-order chi connectivity index (χ1) is 32.2. The zero-order chi connectivity index (χ0) is 48.2. The molecule has 0 saturated carbocycles. The van der Waals surface area contributed by atoms with Crippen LogP contribution in [0.4, 0.5) is 0 Å². The molecule has 0 aliphatic rings. The van der Waals surface area contributed by atoms with E-state index in [1.165, 1.54) is 225 Å². The number of hydrogen-bond acceptors (Lipinski definition) is 6. The van der Waals surface area contributed by atoms with E-state index in [1.807, 2.05) is 0 Å². The molecule has 0 N–H and O–H groups in total. The summed E-state index contributed by atoms with van der Waals surface area (Å²) in [4.78, 5) is 38.1. The van der Waals surface area contributed by atoms with Crippen molar-refractivity contribution >= 4 is 17.9 Å². The third-order valence-electron chi connectivity index (χ3n) is 13.7. The van der Waals surface area contributed by atoms with Gasteiger partial charge in [-0.05, 0) is 31.1 Å². The van der Waals surface area contributed by atoms with E-state index in [4.69, 9.17) is 14.2 Å². The second kappa shape index (κ2) is 52.8. The zero-order valence-electron chi connectivity index (χ0n) is 45.3. The van der Waals surface area contributed by atoms with Gasteiger partial charge in [-0.3, -0.25) is 14.4 Å². The summed E-state index contributed by atoms with van der Waals surface area (Å²) in [6, 6.07) is 0. The van der Waals surface area contributed by atoms with Gasteiger partial charge in [-0.25, -0.2) is 0 Å². The van der Waals surface area contributed by atoms with Crippen LogP contribution >= 0.6 is 0 Å². The lowest BCUT2D eigenvalue weighted by Crippen LogP contribution is -2.30. The van der Waals surface area contributed by atoms with E-state index in [0.717, 1.165) is 69.6 Å². The Labute approximate surface area is 412 Å². The van der Waals surface area contributed by atoms with Crippen LogP contribution in [0.3, 0.4) is 0 Å². The van der Waals surface area contributed by atoms with Crippen LogP contribution < -0.4 is 0 Å². The third kappa shape index (κ3) is 53.4. The Bertz CT molecular complexity index is 1010. The number of unbranched alkanes of at least 4 members (excludes halogenated alkanes) is 39. The summed E-state index contributed by atoms with van der Waals surface area (Å²) in [6.45, 7) is 11.4. The fourth-order valence-electron chi connectivity index (χ4n) is 9.23. The number of rotatable bonds is 54. The highest BCUT2D eigenvalue weighted by Gasteiger charge is 2.19. The van der Waals surface area contributed by atoms with Crippen LogP contribution in [0.1, 0.15) is 336 Å². The molecule has 0 aromatic rings. The third-order valence-corrected chi connectivity index (χ3v) is 13.7. The molecule has 1 atom stereocenters. The van der Waals surface area contributed by atoms with Crippen molar-refractivity contribution in [1.82, 2.24) is 0 Å². The van der Waals surface area contributed by atoms with E-state index in [0.29, 0.717) is 19.3 Å². The monoisotopic (exact) mass is 933 g/mol. The van der Waals surface area contributed by atoms with E-state index in [9.17, 15) is 14.4 Å². The molecule has 0 aliphatic carbocycles. The van der Waals surface area contributed by atoms with Crippen molar-refractivity contribution in [2.24, 2.45) is 11.8 Å². The van der Waals surface area contributed by atoms with E-state index < -0.39 is 6.10 Å². The van der Waals surface area contributed by atoms with E-state index in [1.54, 1.807) is 0 Å². The van der Waals surface area contributed by atoms with Crippen LogP contribution in [0.15, 0.2) is 0 Å². The quantitative estimate of drug-likeness (QED) is 0.0343. The largest absolute Gasteiger partial charge is 0.462 e. The number of esters is 3. The molecule has 0 amide bonds. The van der Waals surface area contributed by atoms with Crippen molar-refractivity contribution in [3.63, 3.8) is 0 Å². The summed E-state index contributed by atoms with van der Waals surface area (Å²) in [7, 11) is 0. The molecule has 6 nitrogen and oxygen atoms in total. The van der Waals surface area contributed by atoms with Gasteiger partial charge in [-0.15, -0.1) is 0 Å². The molecule has 0 bridgehead atoms. The Kier molecular flexibility index (Phi) is 51.5. The molecule has 0 unspecified atom stereocenters. The second-order valence-electron chi connectivity index (χ2n) is 21.6. The summed E-state index contributed by atoms with van der Waals surface area (Å²) in [5.41, 5.74) is 0. The van der Waals surface area contributed by atoms with Gasteiger partial charge in [-0.1, -0.05) is 298 Å². The first kappa shape index (κ1) is 64.4. The number of hydrogen-bond donors (Lipinski definition) is 0. The van der Waals surface area contributed by atoms with Crippen LogP contribution in [-0.2, 0) is 28.6 Å². The molecule has 0 spiro atoms. The van der Waals surface area contributed by atoms with Gasteiger partial charge >= 0.3 is 17.9 Å². The molecular formula is C60H116O6. The Balaban J connectivity index is 4.15. The van der Waals surface area contributed by atoms with E-state index in [-0.39, 0.29) is 31.1 Å². The Morgan fingerprint density at radius 1 is 0.288 bits per heavy atom. The van der Waals surface area contributed by atoms with Gasteiger partial charge in [0.1, 0.15) is 13.2 Å².